The van der Waals surface area contributed by atoms with Crippen molar-refractivity contribution in [3.8, 4) is 6.07 Å². The van der Waals surface area contributed by atoms with Crippen LogP contribution in [0.4, 0.5) is 4.39 Å². The minimum Gasteiger partial charge on any atom is -0.293 e. The molecule has 1 aromatic heterocycles. The molecule has 0 radical (unpaired) electrons. The van der Waals surface area contributed by atoms with Gasteiger partial charge in [-0.05, 0) is 53.7 Å². The highest BCUT2D eigenvalue weighted by Crippen LogP contribution is 2.41. The van der Waals surface area contributed by atoms with Gasteiger partial charge < -0.3 is 0 Å². The molecular weight excluding hydrogens is 371 g/mol. The van der Waals surface area contributed by atoms with E-state index >= 15 is 0 Å². The Balaban J connectivity index is 1.50. The molecule has 0 amide bonds. The average Bonchev–Trinajstić information content (AvgIpc) is 3.09. The second-order valence-corrected chi connectivity index (χ2v) is 7.65. The minimum absolute atomic E-state index is 0.272. The molecule has 2 aliphatic heterocycles. The van der Waals surface area contributed by atoms with E-state index in [4.69, 9.17) is 5.26 Å². The van der Waals surface area contributed by atoms with Crippen LogP contribution in [0.5, 0.6) is 0 Å². The van der Waals surface area contributed by atoms with Gasteiger partial charge in [0.1, 0.15) is 5.82 Å². The number of nitriles is 1. The summed E-state index contributed by atoms with van der Waals surface area (Å²) in [5.74, 6) is -0.272. The maximum Gasteiger partial charge on any atom is 0.129 e. The fourth-order valence-electron chi connectivity index (χ4n) is 4.18. The van der Waals surface area contributed by atoms with Gasteiger partial charge in [-0.1, -0.05) is 6.07 Å². The third kappa shape index (κ3) is 2.87. The van der Waals surface area contributed by atoms with Gasteiger partial charge in [-0.3, -0.25) is 9.58 Å². The quantitative estimate of drug-likeness (QED) is 0.797. The van der Waals surface area contributed by atoms with Crippen LogP contribution in [0.2, 0.25) is 0 Å². The summed E-state index contributed by atoms with van der Waals surface area (Å²) in [6, 6.07) is 8.17. The van der Waals surface area contributed by atoms with Gasteiger partial charge in [-0.25, -0.2) is 4.39 Å². The van der Waals surface area contributed by atoms with Crippen LogP contribution < -0.4 is 0 Å². The Labute approximate surface area is 149 Å². The standard InChI is InChI=1S/C18H18BrFN4/c19-14-9-22-24(11-14)17-6-15-3-4-16(7-17)23(15)10-13-2-1-12(8-21)5-18(13)20/h1-2,5,9,11,15-17H,3-4,6-7,10H2. The first kappa shape index (κ1) is 15.8. The molecule has 0 N–H and O–H groups in total. The summed E-state index contributed by atoms with van der Waals surface area (Å²) in [5.41, 5.74) is 1.06. The largest absolute Gasteiger partial charge is 0.293 e. The number of nitrogens with zero attached hydrogens (tertiary/aromatic N) is 4. The van der Waals surface area contributed by atoms with Crippen molar-refractivity contribution in [3.63, 3.8) is 0 Å². The monoisotopic (exact) mass is 388 g/mol. The number of piperidine rings is 1. The van der Waals surface area contributed by atoms with Crippen molar-refractivity contribution in [2.45, 2.75) is 50.4 Å². The maximum atomic E-state index is 14.2. The van der Waals surface area contributed by atoms with E-state index in [1.807, 2.05) is 18.5 Å². The lowest BCUT2D eigenvalue weighted by Crippen LogP contribution is -2.43. The van der Waals surface area contributed by atoms with Crippen molar-refractivity contribution in [2.24, 2.45) is 0 Å². The van der Waals surface area contributed by atoms with E-state index in [1.54, 1.807) is 12.1 Å². The number of hydrogen-bond acceptors (Lipinski definition) is 3. The maximum absolute atomic E-state index is 14.2. The third-order valence-corrected chi connectivity index (χ3v) is 5.75. The van der Waals surface area contributed by atoms with Crippen LogP contribution in [0.3, 0.4) is 0 Å². The first-order chi connectivity index (χ1) is 11.6. The zero-order valence-electron chi connectivity index (χ0n) is 13.2. The number of halogens is 2. The number of hydrogen-bond donors (Lipinski definition) is 0. The molecule has 3 heterocycles. The molecule has 2 aromatic rings. The summed E-state index contributed by atoms with van der Waals surface area (Å²) in [6.45, 7) is 0.627. The van der Waals surface area contributed by atoms with Crippen molar-refractivity contribution in [3.05, 3.63) is 52.0 Å². The van der Waals surface area contributed by atoms with E-state index in [9.17, 15) is 4.39 Å². The Morgan fingerprint density at radius 3 is 2.58 bits per heavy atom. The Kier molecular flexibility index (Phi) is 4.15. The predicted octanol–water partition coefficient (Wildman–Crippen LogP) is 4.02. The molecule has 2 saturated heterocycles. The summed E-state index contributed by atoms with van der Waals surface area (Å²) in [7, 11) is 0. The fraction of sp³-hybridized carbons (Fsp3) is 0.444. The van der Waals surface area contributed by atoms with Crippen LogP contribution in [0.15, 0.2) is 35.1 Å². The van der Waals surface area contributed by atoms with Crippen LogP contribution >= 0.6 is 15.9 Å². The van der Waals surface area contributed by atoms with E-state index in [2.05, 4.69) is 30.6 Å². The highest BCUT2D eigenvalue weighted by atomic mass is 79.9. The summed E-state index contributed by atoms with van der Waals surface area (Å²) in [4.78, 5) is 2.44. The molecule has 0 aliphatic carbocycles. The van der Waals surface area contributed by atoms with Gasteiger partial charge in [-0.2, -0.15) is 10.4 Å². The molecule has 4 rings (SSSR count). The molecule has 124 valence electrons. The molecule has 2 fully saturated rings. The molecule has 24 heavy (non-hydrogen) atoms. The van der Waals surface area contributed by atoms with Crippen LogP contribution in [-0.4, -0.2) is 26.8 Å². The topological polar surface area (TPSA) is 44.9 Å². The first-order valence-electron chi connectivity index (χ1n) is 8.28. The van der Waals surface area contributed by atoms with Gasteiger partial charge in [0.05, 0.1) is 28.3 Å². The van der Waals surface area contributed by atoms with Crippen molar-refractivity contribution in [2.75, 3.05) is 0 Å². The van der Waals surface area contributed by atoms with Crippen LogP contribution in [-0.2, 0) is 6.54 Å². The highest BCUT2D eigenvalue weighted by molar-refractivity contribution is 9.10. The molecule has 6 heteroatoms. The second-order valence-electron chi connectivity index (χ2n) is 6.74. The van der Waals surface area contributed by atoms with Gasteiger partial charge in [0.15, 0.2) is 0 Å². The van der Waals surface area contributed by atoms with Gasteiger partial charge in [0, 0.05) is 30.4 Å². The Morgan fingerprint density at radius 2 is 2.00 bits per heavy atom. The number of benzene rings is 1. The zero-order chi connectivity index (χ0) is 16.7. The number of fused-ring (bicyclic) bond motifs is 2. The lowest BCUT2D eigenvalue weighted by molar-refractivity contribution is 0.0940. The average molecular weight is 389 g/mol. The molecule has 2 bridgehead atoms. The Morgan fingerprint density at radius 1 is 1.25 bits per heavy atom. The highest BCUT2D eigenvalue weighted by Gasteiger charge is 2.41. The molecule has 2 unspecified atom stereocenters. The number of rotatable bonds is 3. The Bertz CT molecular complexity index is 783. The Hall–Kier alpha value is -1.71. The van der Waals surface area contributed by atoms with E-state index in [-0.39, 0.29) is 5.82 Å². The molecule has 2 atom stereocenters. The van der Waals surface area contributed by atoms with E-state index in [0.29, 0.717) is 35.8 Å². The minimum atomic E-state index is -0.272. The number of aromatic nitrogens is 2. The van der Waals surface area contributed by atoms with Crippen molar-refractivity contribution in [1.29, 1.82) is 5.26 Å². The van der Waals surface area contributed by atoms with E-state index in [0.717, 1.165) is 17.3 Å². The van der Waals surface area contributed by atoms with Gasteiger partial charge in [0.2, 0.25) is 0 Å². The summed E-state index contributed by atoms with van der Waals surface area (Å²) in [6.07, 6.45) is 8.33. The smallest absolute Gasteiger partial charge is 0.129 e. The fourth-order valence-corrected chi connectivity index (χ4v) is 4.48. The van der Waals surface area contributed by atoms with Crippen molar-refractivity contribution in [1.82, 2.24) is 14.7 Å². The predicted molar refractivity (Wildman–Crippen MR) is 91.7 cm³/mol. The van der Waals surface area contributed by atoms with E-state index in [1.165, 1.54) is 18.9 Å². The summed E-state index contributed by atoms with van der Waals surface area (Å²) >= 11 is 3.46. The normalized spacial score (nSPS) is 26.5. The SMILES string of the molecule is N#Cc1ccc(CN2C3CCC2CC(n2cc(Br)cn2)C3)c(F)c1. The molecule has 4 nitrogen and oxygen atoms in total. The molecule has 2 aliphatic rings. The third-order valence-electron chi connectivity index (χ3n) is 5.34. The van der Waals surface area contributed by atoms with Gasteiger partial charge in [0.25, 0.3) is 0 Å². The zero-order valence-corrected chi connectivity index (χ0v) is 14.8. The van der Waals surface area contributed by atoms with Crippen molar-refractivity contribution >= 4 is 15.9 Å². The molecule has 0 spiro atoms. The first-order valence-corrected chi connectivity index (χ1v) is 9.07. The molecule has 0 saturated carbocycles. The van der Waals surface area contributed by atoms with E-state index < -0.39 is 0 Å². The molecular formula is C18H18BrFN4. The second kappa shape index (κ2) is 6.30. The lowest BCUT2D eigenvalue weighted by Gasteiger charge is -2.39. The van der Waals surface area contributed by atoms with Crippen LogP contribution in [0.1, 0.15) is 42.9 Å². The van der Waals surface area contributed by atoms with Crippen molar-refractivity contribution < 1.29 is 4.39 Å². The lowest BCUT2D eigenvalue weighted by atomic mass is 9.96. The van der Waals surface area contributed by atoms with Gasteiger partial charge >= 0.3 is 0 Å². The van der Waals surface area contributed by atoms with Crippen LogP contribution in [0, 0.1) is 17.1 Å². The van der Waals surface area contributed by atoms with Crippen LogP contribution in [0.25, 0.3) is 0 Å². The summed E-state index contributed by atoms with van der Waals surface area (Å²) < 4.78 is 17.3. The summed E-state index contributed by atoms with van der Waals surface area (Å²) in [5, 5.41) is 13.3. The molecule has 1 aromatic carbocycles. The van der Waals surface area contributed by atoms with Gasteiger partial charge in [-0.15, -0.1) is 0 Å².